The summed E-state index contributed by atoms with van der Waals surface area (Å²) in [4.78, 5) is 11.8. The van der Waals surface area contributed by atoms with Gasteiger partial charge in [-0.15, -0.1) is 0 Å². The number of hydrazone groups is 1. The fraction of sp³-hybridized carbons (Fsp3) is 0.200. The van der Waals surface area contributed by atoms with Crippen molar-refractivity contribution in [1.82, 2.24) is 5.43 Å². The van der Waals surface area contributed by atoms with Gasteiger partial charge >= 0.3 is 0 Å². The van der Waals surface area contributed by atoms with Crippen LogP contribution in [0.2, 0.25) is 0 Å². The maximum Gasteiger partial charge on any atom is 0.244 e. The standard InChI is InChI=1S/C15H14N2O4/c1-10-2-4-12(21-10)8-16-17-15(18)7-11-3-5-13-14(6-11)20-9-19-13/h2-6,8H,7,9H2,1H3,(H,17,18)/b16-8+. The van der Waals surface area contributed by atoms with Crippen LogP contribution >= 0.6 is 0 Å². The lowest BCUT2D eigenvalue weighted by Gasteiger charge is -2.02. The van der Waals surface area contributed by atoms with Crippen molar-refractivity contribution in [3.63, 3.8) is 0 Å². The summed E-state index contributed by atoms with van der Waals surface area (Å²) in [6.07, 6.45) is 1.68. The van der Waals surface area contributed by atoms with E-state index in [1.54, 1.807) is 18.2 Å². The molecule has 0 bridgehead atoms. The molecule has 1 aliphatic rings. The largest absolute Gasteiger partial charge is 0.460 e. The lowest BCUT2D eigenvalue weighted by Crippen LogP contribution is -2.19. The highest BCUT2D eigenvalue weighted by molar-refractivity contribution is 5.81. The lowest BCUT2D eigenvalue weighted by atomic mass is 10.1. The summed E-state index contributed by atoms with van der Waals surface area (Å²) in [6, 6.07) is 9.02. The molecule has 1 amide bonds. The molecule has 0 atom stereocenters. The first-order valence-corrected chi connectivity index (χ1v) is 6.47. The van der Waals surface area contributed by atoms with Gasteiger partial charge in [0.15, 0.2) is 11.5 Å². The Morgan fingerprint density at radius 3 is 2.95 bits per heavy atom. The lowest BCUT2D eigenvalue weighted by molar-refractivity contribution is -0.120. The highest BCUT2D eigenvalue weighted by atomic mass is 16.7. The third-order valence-corrected chi connectivity index (χ3v) is 2.94. The van der Waals surface area contributed by atoms with Crippen molar-refractivity contribution in [3.8, 4) is 11.5 Å². The minimum absolute atomic E-state index is 0.213. The first-order chi connectivity index (χ1) is 10.2. The van der Waals surface area contributed by atoms with Crippen molar-refractivity contribution in [3.05, 3.63) is 47.4 Å². The van der Waals surface area contributed by atoms with Gasteiger partial charge in [-0.05, 0) is 36.8 Å². The molecule has 0 saturated heterocycles. The molecule has 3 rings (SSSR count). The molecule has 0 radical (unpaired) electrons. The average molecular weight is 286 g/mol. The van der Waals surface area contributed by atoms with Gasteiger partial charge in [-0.1, -0.05) is 6.07 Å². The number of aryl methyl sites for hydroxylation is 1. The van der Waals surface area contributed by atoms with Gasteiger partial charge in [0.25, 0.3) is 0 Å². The second-order valence-electron chi connectivity index (χ2n) is 4.61. The van der Waals surface area contributed by atoms with Gasteiger partial charge in [-0.2, -0.15) is 5.10 Å². The van der Waals surface area contributed by atoms with Gasteiger partial charge < -0.3 is 13.9 Å². The number of hydrogen-bond acceptors (Lipinski definition) is 5. The highest BCUT2D eigenvalue weighted by Crippen LogP contribution is 2.32. The molecule has 0 fully saturated rings. The molecule has 0 saturated carbocycles. The summed E-state index contributed by atoms with van der Waals surface area (Å²) in [7, 11) is 0. The van der Waals surface area contributed by atoms with Gasteiger partial charge in [-0.25, -0.2) is 5.43 Å². The maximum absolute atomic E-state index is 11.8. The van der Waals surface area contributed by atoms with E-state index in [-0.39, 0.29) is 19.1 Å². The first kappa shape index (κ1) is 13.2. The van der Waals surface area contributed by atoms with E-state index in [9.17, 15) is 4.79 Å². The molecule has 1 aliphatic heterocycles. The van der Waals surface area contributed by atoms with Crippen LogP contribution in [0.25, 0.3) is 0 Å². The molecule has 1 aromatic heterocycles. The molecule has 1 N–H and O–H groups in total. The van der Waals surface area contributed by atoms with Gasteiger partial charge in [-0.3, -0.25) is 4.79 Å². The molecule has 0 spiro atoms. The number of rotatable bonds is 4. The van der Waals surface area contributed by atoms with Crippen molar-refractivity contribution < 1.29 is 18.7 Å². The second-order valence-corrected chi connectivity index (χ2v) is 4.61. The van der Waals surface area contributed by atoms with Gasteiger partial charge in [0.2, 0.25) is 12.7 Å². The predicted octanol–water partition coefficient (Wildman–Crippen LogP) is 2.01. The maximum atomic E-state index is 11.8. The molecule has 6 heteroatoms. The number of benzene rings is 1. The number of amides is 1. The van der Waals surface area contributed by atoms with E-state index in [0.29, 0.717) is 17.3 Å². The van der Waals surface area contributed by atoms with E-state index in [4.69, 9.17) is 13.9 Å². The molecule has 1 aromatic carbocycles. The molecule has 21 heavy (non-hydrogen) atoms. The zero-order valence-corrected chi connectivity index (χ0v) is 11.5. The van der Waals surface area contributed by atoms with Crippen molar-refractivity contribution in [2.45, 2.75) is 13.3 Å². The van der Waals surface area contributed by atoms with Gasteiger partial charge in [0, 0.05) is 0 Å². The van der Waals surface area contributed by atoms with E-state index in [2.05, 4.69) is 10.5 Å². The molecule has 108 valence electrons. The summed E-state index contributed by atoms with van der Waals surface area (Å²) in [5.74, 6) is 2.53. The van der Waals surface area contributed by atoms with Crippen molar-refractivity contribution in [2.75, 3.05) is 6.79 Å². The van der Waals surface area contributed by atoms with Crippen LogP contribution in [-0.2, 0) is 11.2 Å². The second kappa shape index (κ2) is 5.70. The smallest absolute Gasteiger partial charge is 0.244 e. The Morgan fingerprint density at radius 1 is 1.29 bits per heavy atom. The molecule has 0 aliphatic carbocycles. The predicted molar refractivity (Wildman–Crippen MR) is 75.5 cm³/mol. The topological polar surface area (TPSA) is 73.1 Å². The van der Waals surface area contributed by atoms with Gasteiger partial charge in [0.05, 0.1) is 12.6 Å². The van der Waals surface area contributed by atoms with Crippen molar-refractivity contribution >= 4 is 12.1 Å². The molecule has 0 unspecified atom stereocenters. The molecule has 6 nitrogen and oxygen atoms in total. The zero-order chi connectivity index (χ0) is 14.7. The van der Waals surface area contributed by atoms with Crippen LogP contribution in [0, 0.1) is 6.92 Å². The SMILES string of the molecule is Cc1ccc(/C=N/NC(=O)Cc2ccc3c(c2)OCO3)o1. The molecule has 2 heterocycles. The molecule has 2 aromatic rings. The molecular formula is C15H14N2O4. The Bertz CT molecular complexity index is 691. The quantitative estimate of drug-likeness (QED) is 0.689. The van der Waals surface area contributed by atoms with Crippen LogP contribution < -0.4 is 14.9 Å². The Kier molecular flexibility index (Phi) is 3.59. The number of ether oxygens (including phenoxy) is 2. The Hall–Kier alpha value is -2.76. The summed E-state index contributed by atoms with van der Waals surface area (Å²) in [5, 5.41) is 3.85. The Morgan fingerprint density at radius 2 is 2.14 bits per heavy atom. The summed E-state index contributed by atoms with van der Waals surface area (Å²) < 4.78 is 15.8. The van der Waals surface area contributed by atoms with Crippen LogP contribution in [0.15, 0.2) is 39.9 Å². The fourth-order valence-electron chi connectivity index (χ4n) is 1.97. The molecular weight excluding hydrogens is 272 g/mol. The van der Waals surface area contributed by atoms with E-state index in [1.807, 2.05) is 19.1 Å². The number of fused-ring (bicyclic) bond motifs is 1. The average Bonchev–Trinajstić information content (AvgIpc) is 3.07. The summed E-state index contributed by atoms with van der Waals surface area (Å²) in [6.45, 7) is 2.06. The number of nitrogens with one attached hydrogen (secondary N) is 1. The number of hydrogen-bond donors (Lipinski definition) is 1. The zero-order valence-electron chi connectivity index (χ0n) is 11.5. The third-order valence-electron chi connectivity index (χ3n) is 2.94. The van der Waals surface area contributed by atoms with E-state index < -0.39 is 0 Å². The Labute approximate surface area is 121 Å². The minimum Gasteiger partial charge on any atom is -0.460 e. The van der Waals surface area contributed by atoms with E-state index >= 15 is 0 Å². The number of nitrogens with zero attached hydrogens (tertiary/aromatic N) is 1. The monoisotopic (exact) mass is 286 g/mol. The fourth-order valence-corrected chi connectivity index (χ4v) is 1.97. The third kappa shape index (κ3) is 3.22. The number of carbonyl (C=O) groups excluding carboxylic acids is 1. The van der Waals surface area contributed by atoms with Crippen molar-refractivity contribution in [2.24, 2.45) is 5.10 Å². The van der Waals surface area contributed by atoms with Crippen molar-refractivity contribution in [1.29, 1.82) is 0 Å². The normalized spacial score (nSPS) is 12.8. The minimum atomic E-state index is -0.214. The summed E-state index contributed by atoms with van der Waals surface area (Å²) >= 11 is 0. The number of carbonyl (C=O) groups is 1. The first-order valence-electron chi connectivity index (χ1n) is 6.47. The van der Waals surface area contributed by atoms with E-state index in [0.717, 1.165) is 11.3 Å². The van der Waals surface area contributed by atoms with Gasteiger partial charge in [0.1, 0.15) is 11.5 Å². The van der Waals surface area contributed by atoms with Crippen LogP contribution in [0.1, 0.15) is 17.1 Å². The van der Waals surface area contributed by atoms with Crippen LogP contribution in [0.5, 0.6) is 11.5 Å². The van der Waals surface area contributed by atoms with Crippen LogP contribution in [0.4, 0.5) is 0 Å². The van der Waals surface area contributed by atoms with Crippen LogP contribution in [-0.4, -0.2) is 18.9 Å². The Balaban J connectivity index is 1.55. The number of furan rings is 1. The van der Waals surface area contributed by atoms with Crippen LogP contribution in [0.3, 0.4) is 0 Å². The highest BCUT2D eigenvalue weighted by Gasteiger charge is 2.14. The van der Waals surface area contributed by atoms with E-state index in [1.165, 1.54) is 6.21 Å². The summed E-state index contributed by atoms with van der Waals surface area (Å²) in [5.41, 5.74) is 3.29.